The van der Waals surface area contributed by atoms with E-state index in [9.17, 15) is 14.3 Å². The molecule has 0 spiro atoms. The molecule has 2 aliphatic heterocycles. The highest BCUT2D eigenvalue weighted by Crippen LogP contribution is 2.38. The molecular formula is C29H42BFO7. The molecule has 2 aromatic carbocycles. The number of fused-ring (bicyclic) bond motifs is 2. The number of hydrogen-bond donors (Lipinski definition) is 2. The summed E-state index contributed by atoms with van der Waals surface area (Å²) in [5.74, 6) is 0.430. The highest BCUT2D eigenvalue weighted by atomic mass is 19.1. The van der Waals surface area contributed by atoms with Crippen LogP contribution in [0.2, 0.25) is 0 Å². The zero-order valence-electron chi connectivity index (χ0n) is 23.9. The molecule has 1 atom stereocenters. The van der Waals surface area contributed by atoms with Crippen LogP contribution < -0.4 is 10.2 Å². The molecule has 1 aliphatic carbocycles. The zero-order valence-corrected chi connectivity index (χ0v) is 23.9. The van der Waals surface area contributed by atoms with Gasteiger partial charge in [0.2, 0.25) is 0 Å². The van der Waals surface area contributed by atoms with Crippen molar-refractivity contribution in [3.05, 3.63) is 52.8 Å². The number of aliphatic hydroxyl groups is 1. The van der Waals surface area contributed by atoms with Crippen molar-refractivity contribution >= 4 is 18.6 Å². The first-order valence-electron chi connectivity index (χ1n) is 13.1. The Labute approximate surface area is 226 Å². The molecule has 2 heterocycles. The van der Waals surface area contributed by atoms with Crippen LogP contribution in [0.25, 0.3) is 0 Å². The van der Waals surface area contributed by atoms with E-state index in [0.717, 1.165) is 43.0 Å². The summed E-state index contributed by atoms with van der Waals surface area (Å²) in [5.41, 5.74) is 3.42. The molecule has 0 bridgehead atoms. The second kappa shape index (κ2) is 13.4. The first kappa shape index (κ1) is 31.6. The first-order valence-corrected chi connectivity index (χ1v) is 13.1. The third kappa shape index (κ3) is 7.07. The average molecular weight is 532 g/mol. The van der Waals surface area contributed by atoms with Crippen molar-refractivity contribution in [1.29, 1.82) is 0 Å². The molecule has 0 amide bonds. The van der Waals surface area contributed by atoms with Gasteiger partial charge in [-0.1, -0.05) is 19.9 Å². The minimum atomic E-state index is -0.451. The number of halogens is 1. The summed E-state index contributed by atoms with van der Waals surface area (Å²) < 4.78 is 35.8. The summed E-state index contributed by atoms with van der Waals surface area (Å²) in [6.45, 7) is 12.5. The number of phenols is 1. The monoisotopic (exact) mass is 532 g/mol. The molecule has 2 N–H and O–H groups in total. The number of esters is 1. The molecule has 1 saturated heterocycles. The van der Waals surface area contributed by atoms with Gasteiger partial charge < -0.3 is 29.0 Å². The maximum absolute atomic E-state index is 13.7. The van der Waals surface area contributed by atoms with Crippen molar-refractivity contribution < 1.29 is 38.2 Å². The number of carbonyl (C=O) groups is 1. The molecule has 0 saturated carbocycles. The van der Waals surface area contributed by atoms with Crippen molar-refractivity contribution in [3.8, 4) is 11.5 Å². The Morgan fingerprint density at radius 1 is 1.08 bits per heavy atom. The van der Waals surface area contributed by atoms with E-state index >= 15 is 0 Å². The van der Waals surface area contributed by atoms with Crippen molar-refractivity contribution in [2.24, 2.45) is 0 Å². The molecular weight excluding hydrogens is 490 g/mol. The lowest BCUT2D eigenvalue weighted by molar-refractivity contribution is -0.141. The van der Waals surface area contributed by atoms with Gasteiger partial charge in [-0.05, 0) is 81.7 Å². The van der Waals surface area contributed by atoms with Crippen LogP contribution in [0, 0.1) is 5.82 Å². The molecule has 7 nitrogen and oxygen atoms in total. The maximum Gasteiger partial charge on any atom is 0.495 e. The number of aromatic hydroxyl groups is 1. The second-order valence-corrected chi connectivity index (χ2v) is 10.1. The van der Waals surface area contributed by atoms with Crippen LogP contribution in [-0.2, 0) is 31.7 Å². The topological polar surface area (TPSA) is 94.5 Å². The molecule has 3 aliphatic rings. The van der Waals surface area contributed by atoms with Gasteiger partial charge in [-0.3, -0.25) is 4.79 Å². The molecule has 0 aromatic heterocycles. The average Bonchev–Trinajstić information content (AvgIpc) is 3.57. The van der Waals surface area contributed by atoms with Crippen molar-refractivity contribution in [2.45, 2.75) is 84.3 Å². The summed E-state index contributed by atoms with van der Waals surface area (Å²) in [7, 11) is 1.92. The van der Waals surface area contributed by atoms with Gasteiger partial charge in [0.15, 0.2) is 0 Å². The number of methoxy groups -OCH3 is 1. The Morgan fingerprint density at radius 3 is 2.32 bits per heavy atom. The van der Waals surface area contributed by atoms with Gasteiger partial charge in [-0.2, -0.15) is 0 Å². The second-order valence-electron chi connectivity index (χ2n) is 10.1. The third-order valence-corrected chi connectivity index (χ3v) is 7.24. The normalized spacial score (nSPS) is 19.3. The summed E-state index contributed by atoms with van der Waals surface area (Å²) >= 11 is 0. The highest BCUT2D eigenvalue weighted by molar-refractivity contribution is 6.62. The summed E-state index contributed by atoms with van der Waals surface area (Å²) in [4.78, 5) is 11.1. The Kier molecular flexibility index (Phi) is 11.2. The zero-order chi connectivity index (χ0) is 28.7. The maximum atomic E-state index is 13.7. The predicted octanol–water partition coefficient (Wildman–Crippen LogP) is 4.68. The van der Waals surface area contributed by atoms with E-state index in [-0.39, 0.29) is 34.7 Å². The van der Waals surface area contributed by atoms with Gasteiger partial charge in [0, 0.05) is 24.7 Å². The van der Waals surface area contributed by atoms with Crippen LogP contribution in [0.1, 0.15) is 77.0 Å². The number of benzene rings is 2. The van der Waals surface area contributed by atoms with Gasteiger partial charge in [-0.25, -0.2) is 4.39 Å². The SMILES string of the molecule is CC.CC1(C)OB(c2cc(F)cc3c2CCC3)OC1(C)C.CO.COC(=O)C[C@@H]1COc2cc(O)ccc21. The molecule has 9 heteroatoms. The van der Waals surface area contributed by atoms with Gasteiger partial charge in [0.05, 0.1) is 31.3 Å². The minimum Gasteiger partial charge on any atom is -0.508 e. The van der Waals surface area contributed by atoms with Gasteiger partial charge in [0.1, 0.15) is 17.3 Å². The highest BCUT2D eigenvalue weighted by Gasteiger charge is 2.52. The smallest absolute Gasteiger partial charge is 0.495 e. The number of ether oxygens (including phenoxy) is 2. The van der Waals surface area contributed by atoms with E-state index in [4.69, 9.17) is 19.2 Å². The lowest BCUT2D eigenvalue weighted by atomic mass is 9.75. The van der Waals surface area contributed by atoms with E-state index in [0.29, 0.717) is 18.8 Å². The molecule has 0 unspecified atom stereocenters. The van der Waals surface area contributed by atoms with Crippen LogP contribution in [0.4, 0.5) is 4.39 Å². The number of carbonyl (C=O) groups excluding carboxylic acids is 1. The third-order valence-electron chi connectivity index (χ3n) is 7.24. The quantitative estimate of drug-likeness (QED) is 0.438. The Hall–Kier alpha value is -2.62. The van der Waals surface area contributed by atoms with Crippen molar-refractivity contribution in [2.75, 3.05) is 20.8 Å². The number of phenolic OH excluding ortho intramolecular Hbond substituents is 1. The van der Waals surface area contributed by atoms with Gasteiger partial charge in [-0.15, -0.1) is 0 Å². The Bertz CT molecular complexity index is 1070. The van der Waals surface area contributed by atoms with Crippen molar-refractivity contribution in [1.82, 2.24) is 0 Å². The molecule has 5 rings (SSSR count). The largest absolute Gasteiger partial charge is 0.508 e. The Balaban J connectivity index is 0.000000241. The fourth-order valence-electron chi connectivity index (χ4n) is 4.60. The lowest BCUT2D eigenvalue weighted by Gasteiger charge is -2.32. The van der Waals surface area contributed by atoms with Crippen molar-refractivity contribution in [3.63, 3.8) is 0 Å². The van der Waals surface area contributed by atoms with Crippen LogP contribution in [0.15, 0.2) is 30.3 Å². The fourth-order valence-corrected chi connectivity index (χ4v) is 4.60. The van der Waals surface area contributed by atoms with E-state index in [1.807, 2.05) is 41.5 Å². The molecule has 2 aromatic rings. The lowest BCUT2D eigenvalue weighted by Crippen LogP contribution is -2.41. The summed E-state index contributed by atoms with van der Waals surface area (Å²) in [5, 5.41) is 16.2. The Morgan fingerprint density at radius 2 is 1.71 bits per heavy atom. The molecule has 1 fully saturated rings. The van der Waals surface area contributed by atoms with E-state index in [1.54, 1.807) is 30.3 Å². The fraction of sp³-hybridized carbons (Fsp3) is 0.552. The van der Waals surface area contributed by atoms with Crippen LogP contribution >= 0.6 is 0 Å². The number of aliphatic hydroxyl groups excluding tert-OH is 1. The molecule has 210 valence electrons. The van der Waals surface area contributed by atoms with Crippen LogP contribution in [0.5, 0.6) is 11.5 Å². The predicted molar refractivity (Wildman–Crippen MR) is 147 cm³/mol. The molecule has 0 radical (unpaired) electrons. The van der Waals surface area contributed by atoms with Gasteiger partial charge in [0.25, 0.3) is 0 Å². The van der Waals surface area contributed by atoms with Gasteiger partial charge >= 0.3 is 13.1 Å². The summed E-state index contributed by atoms with van der Waals surface area (Å²) in [6.07, 6.45) is 3.36. The van der Waals surface area contributed by atoms with E-state index < -0.39 is 7.12 Å². The first-order chi connectivity index (χ1) is 18.0. The van der Waals surface area contributed by atoms with Crippen LogP contribution in [-0.4, -0.2) is 55.3 Å². The van der Waals surface area contributed by atoms with E-state index in [2.05, 4.69) is 4.74 Å². The standard InChI is InChI=1S/C15H20BFO2.C11H12O4.C2H6.CH4O/c1-14(2)15(3,4)19-16(18-14)13-9-11(17)8-10-6-5-7-12(10)13;1-14-11(13)4-7-6-15-10-5-8(12)2-3-9(7)10;2*1-2/h8-9H,5-7H2,1-4H3;2-3,5,7,12H,4,6H2,1H3;1-2H3;2H,1H3/t;7-;;/m.1../s1. The van der Waals surface area contributed by atoms with E-state index in [1.165, 1.54) is 12.7 Å². The number of hydrogen-bond acceptors (Lipinski definition) is 7. The van der Waals surface area contributed by atoms with Crippen LogP contribution in [0.3, 0.4) is 0 Å². The number of aryl methyl sites for hydroxylation is 1. The minimum absolute atomic E-state index is 0.0352. The number of rotatable bonds is 3. The summed E-state index contributed by atoms with van der Waals surface area (Å²) in [6, 6.07) is 8.17. The molecule has 38 heavy (non-hydrogen) atoms.